The maximum atomic E-state index is 9.37. The fraction of sp³-hybridized carbons (Fsp3) is 0.133. The third-order valence-corrected chi connectivity index (χ3v) is 4.24. The average Bonchev–Trinajstić information content (AvgIpc) is 2.87. The molecule has 0 amide bonds. The Kier molecular flexibility index (Phi) is 4.01. The van der Waals surface area contributed by atoms with Crippen molar-refractivity contribution in [3.63, 3.8) is 0 Å². The molecule has 0 saturated heterocycles. The Balaban J connectivity index is 1.80. The lowest BCUT2D eigenvalue weighted by Crippen LogP contribution is -2.32. The Morgan fingerprint density at radius 2 is 2.00 bits per heavy atom. The molecular weight excluding hydrogens is 283 g/mol. The summed E-state index contributed by atoms with van der Waals surface area (Å²) in [6, 6.07) is 13.4. The third-order valence-electron chi connectivity index (χ3n) is 3.31. The summed E-state index contributed by atoms with van der Waals surface area (Å²) in [5.74, 6) is 0.632. The van der Waals surface area contributed by atoms with Gasteiger partial charge in [0.2, 0.25) is 0 Å². The predicted molar refractivity (Wildman–Crippen MR) is 86.7 cm³/mol. The standard InChI is InChI=1S/C15H15BN2O2S/c1-10-6-7-13-14(8-10)18-15(17-13)21-9-11-4-2-3-5-12(11)16(19)20/h2-8,19-20H,9H2,1H3,(H,17,18). The molecule has 1 aromatic heterocycles. The van der Waals surface area contributed by atoms with Gasteiger partial charge < -0.3 is 15.0 Å². The summed E-state index contributed by atoms with van der Waals surface area (Å²) in [6.45, 7) is 2.05. The van der Waals surface area contributed by atoms with Crippen LogP contribution in [0.1, 0.15) is 11.1 Å². The molecule has 6 heteroatoms. The first-order chi connectivity index (χ1) is 10.1. The number of aromatic nitrogens is 2. The van der Waals surface area contributed by atoms with E-state index in [0.717, 1.165) is 21.8 Å². The van der Waals surface area contributed by atoms with E-state index >= 15 is 0 Å². The zero-order valence-electron chi connectivity index (χ0n) is 11.6. The number of imidazole rings is 1. The first-order valence-electron chi connectivity index (χ1n) is 6.66. The molecule has 0 radical (unpaired) electrons. The quantitative estimate of drug-likeness (QED) is 0.508. The molecule has 4 nitrogen and oxygen atoms in total. The number of H-pyrrole nitrogens is 1. The van der Waals surface area contributed by atoms with Gasteiger partial charge >= 0.3 is 7.12 Å². The minimum Gasteiger partial charge on any atom is -0.423 e. The molecule has 2 aromatic carbocycles. The summed E-state index contributed by atoms with van der Waals surface area (Å²) in [5.41, 5.74) is 4.59. The Bertz CT molecular complexity index is 773. The van der Waals surface area contributed by atoms with Gasteiger partial charge in [-0.3, -0.25) is 0 Å². The molecular formula is C15H15BN2O2S. The summed E-state index contributed by atoms with van der Waals surface area (Å²) >= 11 is 1.55. The van der Waals surface area contributed by atoms with Gasteiger partial charge in [-0.2, -0.15) is 0 Å². The molecule has 0 fully saturated rings. The summed E-state index contributed by atoms with van der Waals surface area (Å²) in [4.78, 5) is 7.81. The molecule has 0 aliphatic heterocycles. The highest BCUT2D eigenvalue weighted by atomic mass is 32.2. The van der Waals surface area contributed by atoms with Crippen LogP contribution in [0.25, 0.3) is 11.0 Å². The van der Waals surface area contributed by atoms with Gasteiger partial charge in [0.25, 0.3) is 0 Å². The van der Waals surface area contributed by atoms with Gasteiger partial charge in [0.05, 0.1) is 11.0 Å². The average molecular weight is 298 g/mol. The number of hydrogen-bond donors (Lipinski definition) is 3. The molecule has 0 unspecified atom stereocenters. The molecule has 0 spiro atoms. The van der Waals surface area contributed by atoms with Crippen LogP contribution in [0.3, 0.4) is 0 Å². The second-order valence-corrected chi connectivity index (χ2v) is 5.89. The van der Waals surface area contributed by atoms with Gasteiger partial charge in [0.15, 0.2) is 5.16 Å². The van der Waals surface area contributed by atoms with E-state index in [2.05, 4.69) is 16.0 Å². The minimum absolute atomic E-state index is 0.539. The third kappa shape index (κ3) is 3.13. The molecule has 0 saturated carbocycles. The maximum Gasteiger partial charge on any atom is 0.488 e. The number of fused-ring (bicyclic) bond motifs is 1. The molecule has 3 rings (SSSR count). The monoisotopic (exact) mass is 298 g/mol. The highest BCUT2D eigenvalue weighted by Crippen LogP contribution is 2.23. The smallest absolute Gasteiger partial charge is 0.423 e. The van der Waals surface area contributed by atoms with Crippen LogP contribution in [0.2, 0.25) is 0 Å². The molecule has 21 heavy (non-hydrogen) atoms. The predicted octanol–water partition coefficient (Wildman–Crippen LogP) is 1.84. The SMILES string of the molecule is Cc1ccc2nc(SCc3ccccc3B(O)O)[nH]c2c1. The Labute approximate surface area is 127 Å². The fourth-order valence-corrected chi connectivity index (χ4v) is 3.13. The lowest BCUT2D eigenvalue weighted by Gasteiger charge is -2.06. The second kappa shape index (κ2) is 5.93. The van der Waals surface area contributed by atoms with Crippen molar-refractivity contribution in [1.29, 1.82) is 0 Å². The van der Waals surface area contributed by atoms with Gasteiger partial charge in [-0.15, -0.1) is 0 Å². The number of thioether (sulfide) groups is 1. The summed E-state index contributed by atoms with van der Waals surface area (Å²) < 4.78 is 0. The maximum absolute atomic E-state index is 9.37. The van der Waals surface area contributed by atoms with Gasteiger partial charge in [-0.05, 0) is 35.6 Å². The van der Waals surface area contributed by atoms with E-state index in [4.69, 9.17) is 0 Å². The molecule has 0 aliphatic rings. The van der Waals surface area contributed by atoms with E-state index in [9.17, 15) is 10.0 Å². The van der Waals surface area contributed by atoms with E-state index in [1.807, 2.05) is 31.2 Å². The van der Waals surface area contributed by atoms with Crippen molar-refractivity contribution in [1.82, 2.24) is 9.97 Å². The van der Waals surface area contributed by atoms with E-state index < -0.39 is 7.12 Å². The number of aryl methyl sites for hydroxylation is 1. The number of hydrogen-bond acceptors (Lipinski definition) is 4. The minimum atomic E-state index is -1.44. The number of nitrogens with zero attached hydrogens (tertiary/aromatic N) is 1. The molecule has 3 N–H and O–H groups in total. The Morgan fingerprint density at radius 3 is 2.81 bits per heavy atom. The van der Waals surface area contributed by atoms with Crippen molar-refractivity contribution in [2.45, 2.75) is 17.8 Å². The van der Waals surface area contributed by atoms with E-state index in [0.29, 0.717) is 11.2 Å². The largest absolute Gasteiger partial charge is 0.488 e. The van der Waals surface area contributed by atoms with E-state index in [-0.39, 0.29) is 0 Å². The first-order valence-corrected chi connectivity index (χ1v) is 7.65. The second-order valence-electron chi connectivity index (χ2n) is 4.92. The molecule has 1 heterocycles. The zero-order valence-corrected chi connectivity index (χ0v) is 12.4. The first kappa shape index (κ1) is 14.2. The van der Waals surface area contributed by atoms with Gasteiger partial charge in [0, 0.05) is 5.75 Å². The van der Waals surface area contributed by atoms with Crippen molar-refractivity contribution in [3.8, 4) is 0 Å². The van der Waals surface area contributed by atoms with Crippen LogP contribution in [0.4, 0.5) is 0 Å². The number of rotatable bonds is 4. The zero-order chi connectivity index (χ0) is 14.8. The van der Waals surface area contributed by atoms with Crippen molar-refractivity contribution in [2.75, 3.05) is 0 Å². The highest BCUT2D eigenvalue weighted by molar-refractivity contribution is 7.98. The normalized spacial score (nSPS) is 11.0. The molecule has 0 bridgehead atoms. The van der Waals surface area contributed by atoms with Crippen LogP contribution in [-0.4, -0.2) is 27.1 Å². The van der Waals surface area contributed by atoms with Crippen molar-refractivity contribution in [2.24, 2.45) is 0 Å². The highest BCUT2D eigenvalue weighted by Gasteiger charge is 2.15. The van der Waals surface area contributed by atoms with Gasteiger partial charge in [-0.1, -0.05) is 42.1 Å². The van der Waals surface area contributed by atoms with E-state index in [1.165, 1.54) is 5.56 Å². The Morgan fingerprint density at radius 1 is 1.19 bits per heavy atom. The van der Waals surface area contributed by atoms with Crippen LogP contribution in [-0.2, 0) is 5.75 Å². The lowest BCUT2D eigenvalue weighted by atomic mass is 9.77. The molecule has 0 aliphatic carbocycles. The van der Waals surface area contributed by atoms with Gasteiger partial charge in [-0.25, -0.2) is 4.98 Å². The number of aromatic amines is 1. The fourth-order valence-electron chi connectivity index (χ4n) is 2.23. The van der Waals surface area contributed by atoms with Crippen LogP contribution in [0.5, 0.6) is 0 Å². The summed E-state index contributed by atoms with van der Waals surface area (Å²) in [6.07, 6.45) is 0. The number of nitrogens with one attached hydrogen (secondary N) is 1. The van der Waals surface area contributed by atoms with Crippen LogP contribution >= 0.6 is 11.8 Å². The summed E-state index contributed by atoms with van der Waals surface area (Å²) in [7, 11) is -1.44. The Hall–Kier alpha value is -1.76. The molecule has 106 valence electrons. The van der Waals surface area contributed by atoms with Crippen molar-refractivity contribution in [3.05, 3.63) is 53.6 Å². The van der Waals surface area contributed by atoms with Crippen LogP contribution in [0.15, 0.2) is 47.6 Å². The van der Waals surface area contributed by atoms with Gasteiger partial charge in [0.1, 0.15) is 0 Å². The van der Waals surface area contributed by atoms with Crippen molar-refractivity contribution < 1.29 is 10.0 Å². The van der Waals surface area contributed by atoms with Crippen molar-refractivity contribution >= 4 is 35.4 Å². The molecule has 3 aromatic rings. The van der Waals surface area contributed by atoms with Crippen LogP contribution in [0, 0.1) is 6.92 Å². The van der Waals surface area contributed by atoms with Crippen LogP contribution < -0.4 is 5.46 Å². The molecule has 0 atom stereocenters. The van der Waals surface area contributed by atoms with E-state index in [1.54, 1.807) is 23.9 Å². The topological polar surface area (TPSA) is 69.1 Å². The lowest BCUT2D eigenvalue weighted by molar-refractivity contribution is 0.425. The summed E-state index contributed by atoms with van der Waals surface area (Å²) in [5, 5.41) is 19.6. The number of benzene rings is 2.